The van der Waals surface area contributed by atoms with E-state index in [9.17, 15) is 5.26 Å². The zero-order valence-corrected chi connectivity index (χ0v) is 12.3. The highest BCUT2D eigenvalue weighted by atomic mass is 15.1. The Balaban J connectivity index is 2.44. The third kappa shape index (κ3) is 3.25. The van der Waals surface area contributed by atoms with Gasteiger partial charge in [0.25, 0.3) is 0 Å². The molecule has 2 aromatic heterocycles. The van der Waals surface area contributed by atoms with Gasteiger partial charge in [-0.3, -0.25) is 4.57 Å². The molecule has 0 aliphatic carbocycles. The zero-order chi connectivity index (χ0) is 15.5. The number of imidazole rings is 1. The van der Waals surface area contributed by atoms with Crippen molar-refractivity contribution < 1.29 is 0 Å². The first-order valence-corrected chi connectivity index (χ1v) is 6.53. The van der Waals surface area contributed by atoms with Crippen LogP contribution < -0.4 is 5.32 Å². The first-order chi connectivity index (χ1) is 9.96. The molecule has 0 aromatic carbocycles. The monoisotopic (exact) mass is 280 g/mol. The number of hydrogen-bond donors (Lipinski definition) is 1. The molecule has 2 aromatic rings. The maximum atomic E-state index is 9.23. The molecule has 0 aliphatic rings. The molecule has 0 radical (unpaired) electrons. The Morgan fingerprint density at radius 3 is 2.62 bits per heavy atom. The molecule has 1 N–H and O–H groups in total. The summed E-state index contributed by atoms with van der Waals surface area (Å²) < 4.78 is 1.55. The van der Waals surface area contributed by atoms with E-state index in [-0.39, 0.29) is 16.9 Å². The summed E-state index contributed by atoms with van der Waals surface area (Å²) in [4.78, 5) is 8.28. The molecule has 6 heteroatoms. The highest BCUT2D eigenvalue weighted by molar-refractivity contribution is 5.44. The molecule has 0 atom stereocenters. The minimum atomic E-state index is -0.0298. The average molecular weight is 280 g/mol. The Kier molecular flexibility index (Phi) is 4.02. The number of rotatable bonds is 3. The normalized spacial score (nSPS) is 10.9. The van der Waals surface area contributed by atoms with Gasteiger partial charge in [-0.15, -0.1) is 0 Å². The van der Waals surface area contributed by atoms with Crippen LogP contribution >= 0.6 is 0 Å². The maximum Gasteiger partial charge on any atom is 0.177 e. The van der Waals surface area contributed by atoms with Gasteiger partial charge in [0.2, 0.25) is 0 Å². The van der Waals surface area contributed by atoms with Crippen LogP contribution in [0.1, 0.15) is 37.7 Å². The van der Waals surface area contributed by atoms with Gasteiger partial charge in [-0.1, -0.05) is 6.07 Å². The Bertz CT molecular complexity index is 724. The molecule has 0 saturated carbocycles. The smallest absolute Gasteiger partial charge is 0.177 e. The Morgan fingerprint density at radius 1 is 1.24 bits per heavy atom. The number of aromatic nitrogens is 3. The summed E-state index contributed by atoms with van der Waals surface area (Å²) in [7, 11) is 0. The highest BCUT2D eigenvalue weighted by Crippen LogP contribution is 2.16. The molecular formula is C15H16N6. The van der Waals surface area contributed by atoms with Gasteiger partial charge in [-0.05, 0) is 26.8 Å². The molecule has 0 aliphatic heterocycles. The van der Waals surface area contributed by atoms with Crippen LogP contribution in [0.5, 0.6) is 0 Å². The van der Waals surface area contributed by atoms with Gasteiger partial charge in [-0.2, -0.15) is 10.5 Å². The third-order valence-electron chi connectivity index (χ3n) is 2.88. The first kappa shape index (κ1) is 14.7. The predicted molar refractivity (Wildman–Crippen MR) is 77.4 cm³/mol. The van der Waals surface area contributed by atoms with Crippen molar-refractivity contribution in [2.75, 3.05) is 0 Å². The lowest BCUT2D eigenvalue weighted by Gasteiger charge is -2.21. The molecule has 0 fully saturated rings. The van der Waals surface area contributed by atoms with Gasteiger partial charge in [0.15, 0.2) is 11.4 Å². The fourth-order valence-electron chi connectivity index (χ4n) is 1.84. The fraction of sp³-hybridized carbons (Fsp3) is 0.333. The molecule has 0 amide bonds. The van der Waals surface area contributed by atoms with Crippen molar-refractivity contribution in [2.45, 2.75) is 32.9 Å². The van der Waals surface area contributed by atoms with Gasteiger partial charge in [0.05, 0.1) is 0 Å². The highest BCUT2D eigenvalue weighted by Gasteiger charge is 2.16. The summed E-state index contributed by atoms with van der Waals surface area (Å²) in [6.07, 6.45) is 3.11. The second kappa shape index (κ2) is 5.74. The molecule has 21 heavy (non-hydrogen) atoms. The summed E-state index contributed by atoms with van der Waals surface area (Å²) in [5.74, 6) is 0.611. The number of nitrogens with one attached hydrogen (secondary N) is 1. The number of nitrogens with zero attached hydrogens (tertiary/aromatic N) is 5. The number of nitriles is 2. The number of hydrogen-bond acceptors (Lipinski definition) is 5. The van der Waals surface area contributed by atoms with Crippen LogP contribution in [0.15, 0.2) is 24.7 Å². The minimum absolute atomic E-state index is 0.0298. The van der Waals surface area contributed by atoms with E-state index >= 15 is 0 Å². The average Bonchev–Trinajstić information content (AvgIpc) is 2.87. The summed E-state index contributed by atoms with van der Waals surface area (Å²) in [5.41, 5.74) is 1.22. The predicted octanol–water partition coefficient (Wildman–Crippen LogP) is 1.90. The van der Waals surface area contributed by atoms with E-state index in [0.717, 1.165) is 5.56 Å². The van der Waals surface area contributed by atoms with Crippen LogP contribution in [0.4, 0.5) is 0 Å². The molecule has 0 spiro atoms. The zero-order valence-electron chi connectivity index (χ0n) is 12.3. The van der Waals surface area contributed by atoms with Gasteiger partial charge in [0, 0.05) is 23.8 Å². The molecule has 106 valence electrons. The van der Waals surface area contributed by atoms with Gasteiger partial charge in [0.1, 0.15) is 24.3 Å². The van der Waals surface area contributed by atoms with Crippen LogP contribution in [-0.2, 0) is 6.54 Å². The first-order valence-electron chi connectivity index (χ1n) is 6.53. The van der Waals surface area contributed by atoms with E-state index in [4.69, 9.17) is 5.26 Å². The van der Waals surface area contributed by atoms with E-state index in [1.807, 2.05) is 24.3 Å². The topological polar surface area (TPSA) is 90.3 Å². The van der Waals surface area contributed by atoms with Crippen LogP contribution in [0.2, 0.25) is 0 Å². The quantitative estimate of drug-likeness (QED) is 0.927. The van der Waals surface area contributed by atoms with Gasteiger partial charge < -0.3 is 5.32 Å². The SMILES string of the molecule is CC(C)(C)NCc1cccnc1-n1cnc(C#N)c1C#N. The molecule has 0 unspecified atom stereocenters. The fourth-order valence-corrected chi connectivity index (χ4v) is 1.84. The second-order valence-corrected chi connectivity index (χ2v) is 5.63. The molecule has 2 heterocycles. The van der Waals surface area contributed by atoms with Crippen molar-refractivity contribution in [3.05, 3.63) is 41.6 Å². The van der Waals surface area contributed by atoms with E-state index in [1.165, 1.54) is 6.33 Å². The van der Waals surface area contributed by atoms with Crippen LogP contribution in [-0.4, -0.2) is 20.1 Å². The lowest BCUT2D eigenvalue weighted by molar-refractivity contribution is 0.423. The van der Waals surface area contributed by atoms with Crippen LogP contribution in [0.25, 0.3) is 5.82 Å². The Morgan fingerprint density at radius 2 is 2.00 bits per heavy atom. The van der Waals surface area contributed by atoms with Crippen LogP contribution in [0.3, 0.4) is 0 Å². The molecular weight excluding hydrogens is 264 g/mol. The van der Waals surface area contributed by atoms with E-state index in [1.54, 1.807) is 10.8 Å². The lowest BCUT2D eigenvalue weighted by atomic mass is 10.1. The standard InChI is InChI=1S/C15H16N6/c1-15(2,3)20-9-11-5-4-6-18-14(11)21-10-19-12(7-16)13(21)8-17/h4-6,10,20H,9H2,1-3H3. The van der Waals surface area contributed by atoms with Crippen molar-refractivity contribution >= 4 is 0 Å². The second-order valence-electron chi connectivity index (χ2n) is 5.63. The van der Waals surface area contributed by atoms with Crippen LogP contribution in [0, 0.1) is 22.7 Å². The largest absolute Gasteiger partial charge is 0.308 e. The van der Waals surface area contributed by atoms with E-state index < -0.39 is 0 Å². The summed E-state index contributed by atoms with van der Waals surface area (Å²) in [6.45, 7) is 6.84. The summed E-state index contributed by atoms with van der Waals surface area (Å²) in [6, 6.07) is 7.71. The van der Waals surface area contributed by atoms with Crippen molar-refractivity contribution in [1.29, 1.82) is 10.5 Å². The molecule has 0 saturated heterocycles. The van der Waals surface area contributed by atoms with Crippen molar-refractivity contribution in [3.63, 3.8) is 0 Å². The lowest BCUT2D eigenvalue weighted by Crippen LogP contribution is -2.35. The summed E-state index contributed by atoms with van der Waals surface area (Å²) >= 11 is 0. The Hall–Kier alpha value is -2.70. The molecule has 0 bridgehead atoms. The molecule has 6 nitrogen and oxygen atoms in total. The van der Waals surface area contributed by atoms with Crippen molar-refractivity contribution in [1.82, 2.24) is 19.9 Å². The van der Waals surface area contributed by atoms with Gasteiger partial charge >= 0.3 is 0 Å². The van der Waals surface area contributed by atoms with E-state index in [2.05, 4.69) is 36.1 Å². The van der Waals surface area contributed by atoms with Crippen molar-refractivity contribution in [3.8, 4) is 18.0 Å². The third-order valence-corrected chi connectivity index (χ3v) is 2.88. The van der Waals surface area contributed by atoms with E-state index in [0.29, 0.717) is 12.4 Å². The summed E-state index contributed by atoms with van der Waals surface area (Å²) in [5, 5.41) is 21.6. The minimum Gasteiger partial charge on any atom is -0.308 e. The maximum absolute atomic E-state index is 9.23. The van der Waals surface area contributed by atoms with Crippen molar-refractivity contribution in [2.24, 2.45) is 0 Å². The molecule has 2 rings (SSSR count). The van der Waals surface area contributed by atoms with Gasteiger partial charge in [-0.25, -0.2) is 9.97 Å². The number of pyridine rings is 1. The Labute approximate surface area is 123 Å².